The molecule has 5 nitrogen and oxygen atoms in total. The van der Waals surface area contributed by atoms with Crippen molar-refractivity contribution in [3.05, 3.63) is 65.7 Å². The van der Waals surface area contributed by atoms with Gasteiger partial charge in [-0.3, -0.25) is 9.59 Å². The second kappa shape index (κ2) is 8.84. The molecule has 24 heavy (non-hydrogen) atoms. The zero-order valence-electron chi connectivity index (χ0n) is 13.7. The lowest BCUT2D eigenvalue weighted by molar-refractivity contribution is -0.120. The lowest BCUT2D eigenvalue weighted by Gasteiger charge is -2.14. The number of benzene rings is 2. The van der Waals surface area contributed by atoms with E-state index in [0.717, 1.165) is 5.56 Å². The van der Waals surface area contributed by atoms with E-state index >= 15 is 0 Å². The van der Waals surface area contributed by atoms with E-state index in [0.29, 0.717) is 30.9 Å². The Bertz CT molecular complexity index is 686. The number of hydrogen-bond donors (Lipinski definition) is 2. The Balaban J connectivity index is 1.79. The number of para-hydroxylation sites is 1. The highest BCUT2D eigenvalue weighted by Crippen LogP contribution is 2.16. The van der Waals surface area contributed by atoms with Crippen molar-refractivity contribution in [1.82, 2.24) is 0 Å². The Morgan fingerprint density at radius 3 is 2.46 bits per heavy atom. The normalized spacial score (nSPS) is 11.7. The molecule has 0 spiro atoms. The number of hydrogen-bond acceptors (Lipinski definition) is 3. The second-order valence-electron chi connectivity index (χ2n) is 5.63. The predicted molar refractivity (Wildman–Crippen MR) is 93.5 cm³/mol. The molecule has 1 unspecified atom stereocenters. The average Bonchev–Trinajstić information content (AvgIpc) is 2.59. The van der Waals surface area contributed by atoms with Gasteiger partial charge in [-0.1, -0.05) is 49.4 Å². The third-order valence-corrected chi connectivity index (χ3v) is 3.70. The number of nitrogens with one attached hydrogen (secondary N) is 1. The van der Waals surface area contributed by atoms with Gasteiger partial charge in [-0.2, -0.15) is 0 Å². The van der Waals surface area contributed by atoms with E-state index in [1.54, 1.807) is 24.3 Å². The summed E-state index contributed by atoms with van der Waals surface area (Å²) in [6.07, 6.45) is 0.595. The maximum Gasteiger partial charge on any atom is 0.250 e. The summed E-state index contributed by atoms with van der Waals surface area (Å²) in [4.78, 5) is 23.6. The minimum Gasteiger partial charge on any atom is -0.377 e. The summed E-state index contributed by atoms with van der Waals surface area (Å²) in [6, 6.07) is 16.6. The molecule has 0 saturated heterocycles. The van der Waals surface area contributed by atoms with Gasteiger partial charge in [-0.25, -0.2) is 0 Å². The number of nitrogens with two attached hydrogens (primary N) is 1. The molecule has 0 saturated carbocycles. The molecule has 2 aromatic carbocycles. The summed E-state index contributed by atoms with van der Waals surface area (Å²) in [6.45, 7) is 2.84. The van der Waals surface area contributed by atoms with Crippen LogP contribution in [0.2, 0.25) is 0 Å². The molecule has 5 heteroatoms. The summed E-state index contributed by atoms with van der Waals surface area (Å²) in [5.74, 6) is -0.960. The molecule has 0 aliphatic heterocycles. The highest BCUT2D eigenvalue weighted by Gasteiger charge is 2.15. The van der Waals surface area contributed by atoms with Crippen LogP contribution in [-0.2, 0) is 16.1 Å². The van der Waals surface area contributed by atoms with Gasteiger partial charge in [0.15, 0.2) is 0 Å². The van der Waals surface area contributed by atoms with Crippen molar-refractivity contribution in [2.75, 3.05) is 11.9 Å². The van der Waals surface area contributed by atoms with Crippen LogP contribution >= 0.6 is 0 Å². The van der Waals surface area contributed by atoms with E-state index in [-0.39, 0.29) is 11.8 Å². The Hall–Kier alpha value is -2.66. The minimum absolute atomic E-state index is 0.160. The van der Waals surface area contributed by atoms with Gasteiger partial charge in [-0.05, 0) is 24.1 Å². The van der Waals surface area contributed by atoms with Crippen LogP contribution < -0.4 is 11.1 Å². The van der Waals surface area contributed by atoms with Gasteiger partial charge in [0.2, 0.25) is 5.91 Å². The monoisotopic (exact) mass is 326 g/mol. The van der Waals surface area contributed by atoms with Crippen LogP contribution in [0.3, 0.4) is 0 Å². The maximum absolute atomic E-state index is 12.2. The first-order chi connectivity index (χ1) is 11.6. The Labute approximate surface area is 141 Å². The molecule has 1 atom stereocenters. The molecule has 0 fully saturated rings. The van der Waals surface area contributed by atoms with Crippen LogP contribution in [0.15, 0.2) is 54.6 Å². The maximum atomic E-state index is 12.2. The van der Waals surface area contributed by atoms with Crippen molar-refractivity contribution in [1.29, 1.82) is 0 Å². The van der Waals surface area contributed by atoms with E-state index < -0.39 is 5.91 Å². The van der Waals surface area contributed by atoms with Gasteiger partial charge in [0.25, 0.3) is 5.91 Å². The standard InChI is InChI=1S/C19H22N2O3/c1-14(11-12-24-13-15-7-3-2-4-8-15)19(23)21-17-10-6-5-9-16(17)18(20)22/h2-10,14H,11-13H2,1H3,(H2,20,22)(H,21,23). The molecule has 2 rings (SSSR count). The Morgan fingerprint density at radius 1 is 1.08 bits per heavy atom. The molecule has 0 heterocycles. The number of primary amides is 1. The average molecular weight is 326 g/mol. The van der Waals surface area contributed by atoms with Crippen molar-refractivity contribution in [2.24, 2.45) is 11.7 Å². The van der Waals surface area contributed by atoms with E-state index in [4.69, 9.17) is 10.5 Å². The number of amides is 2. The van der Waals surface area contributed by atoms with Crippen LogP contribution in [0.25, 0.3) is 0 Å². The molecule has 2 amide bonds. The Morgan fingerprint density at radius 2 is 1.75 bits per heavy atom. The molecule has 0 bridgehead atoms. The summed E-state index contributed by atoms with van der Waals surface area (Å²) < 4.78 is 5.60. The largest absolute Gasteiger partial charge is 0.377 e. The van der Waals surface area contributed by atoms with Crippen LogP contribution in [-0.4, -0.2) is 18.4 Å². The van der Waals surface area contributed by atoms with Crippen LogP contribution in [0.4, 0.5) is 5.69 Å². The summed E-state index contributed by atoms with van der Waals surface area (Å²) in [5.41, 5.74) is 7.15. The summed E-state index contributed by atoms with van der Waals surface area (Å²) >= 11 is 0. The van der Waals surface area contributed by atoms with Crippen molar-refractivity contribution in [3.8, 4) is 0 Å². The van der Waals surface area contributed by atoms with E-state index in [1.807, 2.05) is 37.3 Å². The van der Waals surface area contributed by atoms with Gasteiger partial charge in [0.1, 0.15) is 0 Å². The molecule has 0 aliphatic rings. The van der Waals surface area contributed by atoms with Gasteiger partial charge < -0.3 is 15.8 Å². The zero-order chi connectivity index (χ0) is 17.4. The van der Waals surface area contributed by atoms with E-state index in [9.17, 15) is 9.59 Å². The fraction of sp³-hybridized carbons (Fsp3) is 0.263. The number of carbonyl (C=O) groups is 2. The van der Waals surface area contributed by atoms with E-state index in [2.05, 4.69) is 5.32 Å². The first-order valence-corrected chi connectivity index (χ1v) is 7.89. The first-order valence-electron chi connectivity index (χ1n) is 7.89. The number of ether oxygens (including phenoxy) is 1. The van der Waals surface area contributed by atoms with Gasteiger partial charge in [0, 0.05) is 12.5 Å². The van der Waals surface area contributed by atoms with Crippen LogP contribution in [0.5, 0.6) is 0 Å². The van der Waals surface area contributed by atoms with Crippen molar-refractivity contribution in [2.45, 2.75) is 20.0 Å². The quantitative estimate of drug-likeness (QED) is 0.732. The third-order valence-electron chi connectivity index (χ3n) is 3.70. The van der Waals surface area contributed by atoms with Crippen molar-refractivity contribution in [3.63, 3.8) is 0 Å². The molecular formula is C19H22N2O3. The lowest BCUT2D eigenvalue weighted by Crippen LogP contribution is -2.24. The highest BCUT2D eigenvalue weighted by molar-refractivity contribution is 6.03. The number of anilines is 1. The summed E-state index contributed by atoms with van der Waals surface area (Å²) in [5, 5.41) is 2.75. The molecule has 0 aliphatic carbocycles. The fourth-order valence-electron chi connectivity index (χ4n) is 2.22. The van der Waals surface area contributed by atoms with E-state index in [1.165, 1.54) is 0 Å². The SMILES string of the molecule is CC(CCOCc1ccccc1)C(=O)Nc1ccccc1C(N)=O. The molecule has 0 radical (unpaired) electrons. The summed E-state index contributed by atoms with van der Waals surface area (Å²) in [7, 11) is 0. The smallest absolute Gasteiger partial charge is 0.250 e. The van der Waals surface area contributed by atoms with Crippen molar-refractivity contribution < 1.29 is 14.3 Å². The fourth-order valence-corrected chi connectivity index (χ4v) is 2.22. The van der Waals surface area contributed by atoms with Gasteiger partial charge >= 0.3 is 0 Å². The first kappa shape index (κ1) is 17.7. The highest BCUT2D eigenvalue weighted by atomic mass is 16.5. The minimum atomic E-state index is -0.565. The number of rotatable bonds is 8. The van der Waals surface area contributed by atoms with Crippen LogP contribution in [0.1, 0.15) is 29.3 Å². The molecular weight excluding hydrogens is 304 g/mol. The zero-order valence-corrected chi connectivity index (χ0v) is 13.7. The topological polar surface area (TPSA) is 81.4 Å². The third kappa shape index (κ3) is 5.21. The van der Waals surface area contributed by atoms with Gasteiger partial charge in [-0.15, -0.1) is 0 Å². The number of carbonyl (C=O) groups excluding carboxylic acids is 2. The van der Waals surface area contributed by atoms with Gasteiger partial charge in [0.05, 0.1) is 17.9 Å². The molecule has 3 N–H and O–H groups in total. The predicted octanol–water partition coefficient (Wildman–Crippen LogP) is 2.97. The van der Waals surface area contributed by atoms with Crippen LogP contribution in [0, 0.1) is 5.92 Å². The second-order valence-corrected chi connectivity index (χ2v) is 5.63. The molecule has 0 aromatic heterocycles. The van der Waals surface area contributed by atoms with Crippen molar-refractivity contribution >= 4 is 17.5 Å². The molecule has 2 aromatic rings. The molecule has 126 valence electrons. The Kier molecular flexibility index (Phi) is 6.51. The lowest BCUT2D eigenvalue weighted by atomic mass is 10.1.